The second-order valence-electron chi connectivity index (χ2n) is 7.51. The van der Waals surface area contributed by atoms with E-state index in [1.807, 2.05) is 0 Å². The fourth-order valence-electron chi connectivity index (χ4n) is 4.84. The lowest BCUT2D eigenvalue weighted by atomic mass is 9.68. The van der Waals surface area contributed by atoms with Crippen molar-refractivity contribution in [2.45, 2.75) is 44.4 Å². The fraction of sp³-hybridized carbons (Fsp3) is 0.579. The van der Waals surface area contributed by atoms with Crippen LogP contribution in [0.15, 0.2) is 24.4 Å². The molecule has 3 atom stereocenters. The Hall–Kier alpha value is -1.36. The molecule has 2 aromatic rings. The van der Waals surface area contributed by atoms with E-state index in [1.54, 1.807) is 0 Å². The second kappa shape index (κ2) is 5.33. The number of hydrogen-bond donors (Lipinski definition) is 2. The minimum atomic E-state index is -0.330. The molecule has 1 aromatic carbocycles. The second-order valence-corrected chi connectivity index (χ2v) is 7.51. The third kappa shape index (κ3) is 2.16. The Morgan fingerprint density at radius 1 is 1.43 bits per heavy atom. The zero-order valence-electron chi connectivity index (χ0n) is 14.2. The smallest absolute Gasteiger partial charge is 0.110 e. The summed E-state index contributed by atoms with van der Waals surface area (Å²) in [4.78, 5) is 5.81. The summed E-state index contributed by atoms with van der Waals surface area (Å²) in [6.45, 7) is 5.37. The van der Waals surface area contributed by atoms with Gasteiger partial charge in [-0.2, -0.15) is 0 Å². The Labute approximate surface area is 137 Å². The van der Waals surface area contributed by atoms with Crippen molar-refractivity contribution < 1.29 is 9.84 Å². The molecule has 1 fully saturated rings. The van der Waals surface area contributed by atoms with E-state index in [9.17, 15) is 5.11 Å². The number of rotatable bonds is 3. The highest BCUT2D eigenvalue weighted by atomic mass is 16.5. The Kier molecular flexibility index (Phi) is 3.52. The maximum absolute atomic E-state index is 9.81. The minimum absolute atomic E-state index is 0.152. The monoisotopic (exact) mass is 314 g/mol. The predicted octanol–water partition coefficient (Wildman–Crippen LogP) is 2.66. The highest BCUT2D eigenvalue weighted by Gasteiger charge is 2.52. The summed E-state index contributed by atoms with van der Waals surface area (Å²) >= 11 is 0. The van der Waals surface area contributed by atoms with Gasteiger partial charge in [-0.05, 0) is 56.8 Å². The highest BCUT2D eigenvalue weighted by Crippen LogP contribution is 2.50. The van der Waals surface area contributed by atoms with Crippen molar-refractivity contribution in [1.29, 1.82) is 0 Å². The molecule has 124 valence electrons. The Morgan fingerprint density at radius 3 is 3.00 bits per heavy atom. The van der Waals surface area contributed by atoms with Gasteiger partial charge in [-0.25, -0.2) is 0 Å². The Bertz CT molecular complexity index is 723. The molecule has 0 radical (unpaired) electrons. The molecule has 2 aliphatic rings. The molecule has 2 N–H and O–H groups in total. The van der Waals surface area contributed by atoms with Crippen LogP contribution in [0.1, 0.15) is 31.4 Å². The summed E-state index contributed by atoms with van der Waals surface area (Å²) in [7, 11) is 2.17. The molecule has 1 aliphatic carbocycles. The van der Waals surface area contributed by atoms with E-state index in [-0.39, 0.29) is 24.2 Å². The number of likely N-dealkylation sites (N-methyl/N-ethyl adjacent to an activating group) is 1. The number of piperidine rings is 1. The molecule has 23 heavy (non-hydrogen) atoms. The van der Waals surface area contributed by atoms with E-state index in [0.29, 0.717) is 6.04 Å². The first-order valence-corrected chi connectivity index (χ1v) is 8.63. The van der Waals surface area contributed by atoms with Crippen molar-refractivity contribution in [1.82, 2.24) is 9.88 Å². The summed E-state index contributed by atoms with van der Waals surface area (Å²) in [6.07, 6.45) is 4.19. The van der Waals surface area contributed by atoms with Crippen LogP contribution in [-0.4, -0.2) is 47.3 Å². The van der Waals surface area contributed by atoms with Gasteiger partial charge in [-0.15, -0.1) is 0 Å². The maximum atomic E-state index is 9.81. The molecular weight excluding hydrogens is 288 g/mol. The summed E-state index contributed by atoms with van der Waals surface area (Å²) in [5, 5.41) is 11.1. The third-order valence-corrected chi connectivity index (χ3v) is 5.57. The molecule has 4 rings (SSSR count). The van der Waals surface area contributed by atoms with Crippen LogP contribution in [0.5, 0.6) is 0 Å². The number of aliphatic hydroxyl groups excluding tert-OH is 1. The minimum Gasteiger partial charge on any atom is -0.396 e. The van der Waals surface area contributed by atoms with Gasteiger partial charge in [0.15, 0.2) is 0 Å². The average molecular weight is 314 g/mol. The molecule has 0 bridgehead atoms. The lowest BCUT2D eigenvalue weighted by molar-refractivity contribution is -0.170. The van der Waals surface area contributed by atoms with Gasteiger partial charge in [0, 0.05) is 36.3 Å². The van der Waals surface area contributed by atoms with Crippen LogP contribution in [0, 0.1) is 5.92 Å². The number of aromatic amines is 1. The van der Waals surface area contributed by atoms with Gasteiger partial charge < -0.3 is 14.8 Å². The van der Waals surface area contributed by atoms with E-state index >= 15 is 0 Å². The van der Waals surface area contributed by atoms with Crippen molar-refractivity contribution in [2.75, 3.05) is 20.2 Å². The van der Waals surface area contributed by atoms with E-state index in [0.717, 1.165) is 19.4 Å². The number of nitrogens with one attached hydrogen (secondary N) is 1. The molecule has 1 saturated heterocycles. The number of fused-ring (bicyclic) bond motifs is 2. The molecule has 0 saturated carbocycles. The topological polar surface area (TPSA) is 48.5 Å². The molecule has 4 heteroatoms. The van der Waals surface area contributed by atoms with Gasteiger partial charge in [0.1, 0.15) is 5.60 Å². The number of aromatic nitrogens is 1. The Morgan fingerprint density at radius 2 is 2.26 bits per heavy atom. The van der Waals surface area contributed by atoms with Crippen LogP contribution >= 0.6 is 0 Å². The molecule has 1 aromatic heterocycles. The maximum Gasteiger partial charge on any atom is 0.110 e. The summed E-state index contributed by atoms with van der Waals surface area (Å²) in [6, 6.07) is 6.80. The number of H-pyrrole nitrogens is 1. The standard InChI is InChI=1S/C19H26N2O2/c1-12(2)23-19-8-13(11-22)10-21(3)17(19)7-14-9-20-16-6-4-5-15(19)18(14)16/h4-6,9,12-13,17,20,22H,7-8,10-11H2,1-3H3/t13-,17-,19+/m1/s1. The molecule has 0 unspecified atom stereocenters. The van der Waals surface area contributed by atoms with Crippen LogP contribution in [-0.2, 0) is 16.8 Å². The van der Waals surface area contributed by atoms with Gasteiger partial charge in [-0.1, -0.05) is 12.1 Å². The predicted molar refractivity (Wildman–Crippen MR) is 91.5 cm³/mol. The third-order valence-electron chi connectivity index (χ3n) is 5.57. The van der Waals surface area contributed by atoms with E-state index in [1.165, 1.54) is 22.0 Å². The number of likely N-dealkylation sites (tertiary alicyclic amines) is 1. The fourth-order valence-corrected chi connectivity index (χ4v) is 4.84. The summed E-state index contributed by atoms with van der Waals surface area (Å²) < 4.78 is 6.64. The summed E-state index contributed by atoms with van der Waals surface area (Å²) in [5.74, 6) is 0.255. The van der Waals surface area contributed by atoms with Gasteiger partial charge in [0.05, 0.1) is 6.10 Å². The van der Waals surface area contributed by atoms with Crippen molar-refractivity contribution in [3.63, 3.8) is 0 Å². The van der Waals surface area contributed by atoms with Gasteiger partial charge in [-0.3, -0.25) is 4.90 Å². The number of ether oxygens (including phenoxy) is 1. The van der Waals surface area contributed by atoms with E-state index < -0.39 is 0 Å². The largest absolute Gasteiger partial charge is 0.396 e. The van der Waals surface area contributed by atoms with Crippen LogP contribution in [0.2, 0.25) is 0 Å². The summed E-state index contributed by atoms with van der Waals surface area (Å²) in [5.41, 5.74) is 3.54. The van der Waals surface area contributed by atoms with Crippen LogP contribution < -0.4 is 0 Å². The SMILES string of the molecule is CC(C)O[C@]12C[C@@H](CO)CN(C)[C@@H]1Cc1c[nH]c3cccc2c13. The van der Waals surface area contributed by atoms with Gasteiger partial charge >= 0.3 is 0 Å². The van der Waals surface area contributed by atoms with E-state index in [2.05, 4.69) is 55.2 Å². The normalized spacial score (nSPS) is 30.8. The quantitative estimate of drug-likeness (QED) is 0.916. The van der Waals surface area contributed by atoms with Crippen molar-refractivity contribution >= 4 is 10.9 Å². The first-order valence-electron chi connectivity index (χ1n) is 8.63. The Balaban J connectivity index is 1.94. The zero-order valence-corrected chi connectivity index (χ0v) is 14.2. The number of aliphatic hydroxyl groups is 1. The van der Waals surface area contributed by atoms with Crippen molar-refractivity contribution in [2.24, 2.45) is 5.92 Å². The molecular formula is C19H26N2O2. The molecule has 0 amide bonds. The zero-order chi connectivity index (χ0) is 16.2. The lowest BCUT2D eigenvalue weighted by Gasteiger charge is -2.54. The first-order chi connectivity index (χ1) is 11.0. The lowest BCUT2D eigenvalue weighted by Crippen LogP contribution is -2.60. The average Bonchev–Trinajstić information content (AvgIpc) is 2.93. The van der Waals surface area contributed by atoms with E-state index in [4.69, 9.17) is 4.74 Å². The number of nitrogens with zero attached hydrogens (tertiary/aromatic N) is 1. The highest BCUT2D eigenvalue weighted by molar-refractivity contribution is 5.88. The van der Waals surface area contributed by atoms with Crippen LogP contribution in [0.4, 0.5) is 0 Å². The molecule has 0 spiro atoms. The number of hydrogen-bond acceptors (Lipinski definition) is 3. The van der Waals surface area contributed by atoms with Crippen molar-refractivity contribution in [3.8, 4) is 0 Å². The van der Waals surface area contributed by atoms with Crippen molar-refractivity contribution in [3.05, 3.63) is 35.5 Å². The van der Waals surface area contributed by atoms with Crippen LogP contribution in [0.25, 0.3) is 10.9 Å². The molecule has 4 nitrogen and oxygen atoms in total. The molecule has 1 aliphatic heterocycles. The van der Waals surface area contributed by atoms with Gasteiger partial charge in [0.25, 0.3) is 0 Å². The van der Waals surface area contributed by atoms with Crippen LogP contribution in [0.3, 0.4) is 0 Å². The molecule has 2 heterocycles. The van der Waals surface area contributed by atoms with Gasteiger partial charge in [0.2, 0.25) is 0 Å². The first kappa shape index (κ1) is 15.2. The number of benzene rings is 1.